The van der Waals surface area contributed by atoms with Gasteiger partial charge < -0.3 is 15.4 Å². The van der Waals surface area contributed by atoms with Crippen LogP contribution in [0.15, 0.2) is 18.2 Å². The Labute approximate surface area is 149 Å². The van der Waals surface area contributed by atoms with Gasteiger partial charge in [-0.2, -0.15) is 0 Å². The van der Waals surface area contributed by atoms with E-state index in [0.717, 1.165) is 10.5 Å². The van der Waals surface area contributed by atoms with Crippen molar-refractivity contribution in [1.82, 2.24) is 10.2 Å². The van der Waals surface area contributed by atoms with Gasteiger partial charge in [0.1, 0.15) is 12.1 Å². The summed E-state index contributed by atoms with van der Waals surface area (Å²) in [5, 5.41) is 5.47. The number of benzene rings is 1. The molecule has 0 aliphatic carbocycles. The summed E-state index contributed by atoms with van der Waals surface area (Å²) < 4.78 is 4.80. The summed E-state index contributed by atoms with van der Waals surface area (Å²) in [5.41, 5.74) is 0.259. The van der Waals surface area contributed by atoms with E-state index in [1.54, 1.807) is 18.2 Å². The van der Waals surface area contributed by atoms with Gasteiger partial charge in [0.2, 0.25) is 0 Å². The Kier molecular flexibility index (Phi) is 5.32. The Morgan fingerprint density at radius 2 is 2.00 bits per heavy atom. The van der Waals surface area contributed by atoms with Crippen molar-refractivity contribution < 1.29 is 23.9 Å². The number of anilines is 1. The fourth-order valence-corrected chi connectivity index (χ4v) is 2.33. The molecule has 9 heteroatoms. The van der Waals surface area contributed by atoms with Crippen molar-refractivity contribution in [3.05, 3.63) is 28.8 Å². The van der Waals surface area contributed by atoms with Crippen molar-refractivity contribution in [2.24, 2.45) is 0 Å². The average Bonchev–Trinajstić information content (AvgIpc) is 2.71. The number of hydrogen-bond acceptors (Lipinski definition) is 5. The van der Waals surface area contributed by atoms with Crippen LogP contribution >= 0.6 is 11.6 Å². The largest absolute Gasteiger partial charge is 0.454 e. The van der Waals surface area contributed by atoms with Gasteiger partial charge in [0.25, 0.3) is 11.8 Å². The Hall–Kier alpha value is -2.61. The third-order valence-electron chi connectivity index (χ3n) is 3.55. The summed E-state index contributed by atoms with van der Waals surface area (Å²) >= 11 is 5.96. The lowest BCUT2D eigenvalue weighted by Gasteiger charge is -2.15. The lowest BCUT2D eigenvalue weighted by Crippen LogP contribution is -2.41. The Morgan fingerprint density at radius 1 is 1.32 bits per heavy atom. The highest BCUT2D eigenvalue weighted by atomic mass is 35.5. The molecule has 2 rings (SSSR count). The molecule has 0 radical (unpaired) electrons. The van der Waals surface area contributed by atoms with E-state index >= 15 is 0 Å². The zero-order valence-electron chi connectivity index (χ0n) is 14.0. The minimum Gasteiger partial charge on any atom is -0.454 e. The lowest BCUT2D eigenvalue weighted by atomic mass is 10.1. The molecule has 1 aliphatic heterocycles. The summed E-state index contributed by atoms with van der Waals surface area (Å²) in [6.07, 6.45) is 0. The zero-order valence-corrected chi connectivity index (χ0v) is 14.8. The SMILES string of the molecule is Cc1ccc(NC(=O)COC(=O)CN2C(=O)NC(C)(C)C2=O)cc1Cl. The van der Waals surface area contributed by atoms with E-state index in [1.165, 1.54) is 13.8 Å². The maximum absolute atomic E-state index is 12.0. The van der Waals surface area contributed by atoms with E-state index in [1.807, 2.05) is 6.92 Å². The molecule has 1 saturated heterocycles. The summed E-state index contributed by atoms with van der Waals surface area (Å²) in [4.78, 5) is 47.9. The van der Waals surface area contributed by atoms with Gasteiger partial charge in [-0.05, 0) is 38.5 Å². The van der Waals surface area contributed by atoms with E-state index in [4.69, 9.17) is 16.3 Å². The van der Waals surface area contributed by atoms with Crippen LogP contribution in [0.2, 0.25) is 5.02 Å². The van der Waals surface area contributed by atoms with E-state index in [0.29, 0.717) is 10.7 Å². The Bertz CT molecular complexity index is 747. The van der Waals surface area contributed by atoms with E-state index in [-0.39, 0.29) is 0 Å². The first kappa shape index (κ1) is 18.7. The minimum absolute atomic E-state index is 0.465. The van der Waals surface area contributed by atoms with Crippen molar-refractivity contribution in [3.63, 3.8) is 0 Å². The molecule has 0 spiro atoms. The number of carbonyl (C=O) groups is 4. The molecule has 1 heterocycles. The monoisotopic (exact) mass is 367 g/mol. The quantitative estimate of drug-likeness (QED) is 0.605. The second-order valence-corrected chi connectivity index (χ2v) is 6.53. The average molecular weight is 368 g/mol. The molecule has 2 N–H and O–H groups in total. The predicted octanol–water partition coefficient (Wildman–Crippen LogP) is 1.46. The Morgan fingerprint density at radius 3 is 2.56 bits per heavy atom. The zero-order chi connectivity index (χ0) is 18.8. The third kappa shape index (κ3) is 4.48. The minimum atomic E-state index is -1.07. The third-order valence-corrected chi connectivity index (χ3v) is 3.96. The highest BCUT2D eigenvalue weighted by molar-refractivity contribution is 6.31. The molecule has 1 aliphatic rings. The van der Waals surface area contributed by atoms with Crippen LogP contribution < -0.4 is 10.6 Å². The first-order chi connectivity index (χ1) is 11.6. The molecule has 1 fully saturated rings. The number of halogens is 1. The molecular formula is C16H18ClN3O5. The molecule has 0 unspecified atom stereocenters. The van der Waals surface area contributed by atoms with Crippen LogP contribution in [0, 0.1) is 6.92 Å². The smallest absolute Gasteiger partial charge is 0.326 e. The topological polar surface area (TPSA) is 105 Å². The lowest BCUT2D eigenvalue weighted by molar-refractivity contribution is -0.150. The number of hydrogen-bond donors (Lipinski definition) is 2. The number of rotatable bonds is 5. The summed E-state index contributed by atoms with van der Waals surface area (Å²) in [7, 11) is 0. The highest BCUT2D eigenvalue weighted by Gasteiger charge is 2.45. The standard InChI is InChI=1S/C16H18ClN3O5/c1-9-4-5-10(6-11(9)17)18-12(21)8-25-13(22)7-20-14(23)16(2,3)19-15(20)24/h4-6H,7-8H2,1-3H3,(H,18,21)(H,19,24). The van der Waals surface area contributed by atoms with Gasteiger partial charge in [-0.3, -0.25) is 19.3 Å². The number of imide groups is 1. The molecule has 0 saturated carbocycles. The van der Waals surface area contributed by atoms with Gasteiger partial charge in [0, 0.05) is 10.7 Å². The van der Waals surface area contributed by atoms with Gasteiger partial charge in [0.15, 0.2) is 6.61 Å². The summed E-state index contributed by atoms with van der Waals surface area (Å²) in [5.74, 6) is -1.96. The molecule has 0 aromatic heterocycles. The van der Waals surface area contributed by atoms with Crippen molar-refractivity contribution in [3.8, 4) is 0 Å². The molecule has 0 bridgehead atoms. The molecule has 4 amide bonds. The van der Waals surface area contributed by atoms with Crippen molar-refractivity contribution >= 4 is 41.1 Å². The van der Waals surface area contributed by atoms with Crippen LogP contribution in [0.25, 0.3) is 0 Å². The van der Waals surface area contributed by atoms with Crippen molar-refractivity contribution in [1.29, 1.82) is 0 Å². The number of aryl methyl sites for hydroxylation is 1. The number of esters is 1. The molecule has 25 heavy (non-hydrogen) atoms. The van der Waals surface area contributed by atoms with E-state index in [2.05, 4.69) is 10.6 Å². The van der Waals surface area contributed by atoms with Crippen LogP contribution in [0.1, 0.15) is 19.4 Å². The number of urea groups is 1. The Balaban J connectivity index is 1.83. The molecule has 134 valence electrons. The van der Waals surface area contributed by atoms with Gasteiger partial charge in [-0.15, -0.1) is 0 Å². The maximum atomic E-state index is 12.0. The van der Waals surface area contributed by atoms with Crippen LogP contribution in [0.3, 0.4) is 0 Å². The second-order valence-electron chi connectivity index (χ2n) is 6.12. The molecule has 1 aromatic carbocycles. The number of nitrogens with one attached hydrogen (secondary N) is 2. The van der Waals surface area contributed by atoms with E-state index in [9.17, 15) is 19.2 Å². The number of amides is 4. The van der Waals surface area contributed by atoms with E-state index < -0.39 is 42.5 Å². The van der Waals surface area contributed by atoms with Crippen LogP contribution in [-0.4, -0.2) is 47.4 Å². The van der Waals surface area contributed by atoms with Crippen molar-refractivity contribution in [2.75, 3.05) is 18.5 Å². The molecule has 0 atom stereocenters. The number of ether oxygens (including phenoxy) is 1. The number of carbonyl (C=O) groups excluding carboxylic acids is 4. The number of nitrogens with zero attached hydrogens (tertiary/aromatic N) is 1. The predicted molar refractivity (Wildman–Crippen MR) is 90.1 cm³/mol. The first-order valence-electron chi connectivity index (χ1n) is 7.46. The molecule has 1 aromatic rings. The fraction of sp³-hybridized carbons (Fsp3) is 0.375. The first-order valence-corrected chi connectivity index (χ1v) is 7.83. The van der Waals surface area contributed by atoms with Gasteiger partial charge >= 0.3 is 12.0 Å². The van der Waals surface area contributed by atoms with Crippen LogP contribution in [0.4, 0.5) is 10.5 Å². The van der Waals surface area contributed by atoms with Crippen LogP contribution in [0.5, 0.6) is 0 Å². The van der Waals surface area contributed by atoms with Crippen LogP contribution in [-0.2, 0) is 19.1 Å². The van der Waals surface area contributed by atoms with Crippen molar-refractivity contribution in [2.45, 2.75) is 26.3 Å². The maximum Gasteiger partial charge on any atom is 0.326 e. The normalized spacial score (nSPS) is 15.8. The summed E-state index contributed by atoms with van der Waals surface area (Å²) in [6, 6.07) is 4.30. The van der Waals surface area contributed by atoms with Gasteiger partial charge in [-0.25, -0.2) is 4.79 Å². The highest BCUT2D eigenvalue weighted by Crippen LogP contribution is 2.20. The van der Waals surface area contributed by atoms with Gasteiger partial charge in [0.05, 0.1) is 0 Å². The molecule has 8 nitrogen and oxygen atoms in total. The second kappa shape index (κ2) is 7.10. The molecular weight excluding hydrogens is 350 g/mol. The van der Waals surface area contributed by atoms with Gasteiger partial charge in [-0.1, -0.05) is 17.7 Å². The summed E-state index contributed by atoms with van der Waals surface area (Å²) in [6.45, 7) is 3.78. The fourth-order valence-electron chi connectivity index (χ4n) is 2.15.